The molecule has 0 aliphatic heterocycles. The first-order valence-corrected chi connectivity index (χ1v) is 4.35. The zero-order chi connectivity index (χ0) is 9.19. The molecule has 0 bridgehead atoms. The highest BCUT2D eigenvalue weighted by Crippen LogP contribution is 2.26. The van der Waals surface area contributed by atoms with Gasteiger partial charge in [-0.2, -0.15) is 0 Å². The zero-order valence-electron chi connectivity index (χ0n) is 7.47. The molecule has 0 radical (unpaired) electrons. The van der Waals surface area contributed by atoms with E-state index in [0.29, 0.717) is 0 Å². The van der Waals surface area contributed by atoms with Crippen LogP contribution in [0.2, 0.25) is 0 Å². The molecule has 1 rings (SSSR count). The number of hydrogen-bond donors (Lipinski definition) is 3. The van der Waals surface area contributed by atoms with E-state index in [-0.39, 0.29) is 11.9 Å². The molecule has 4 heteroatoms. The molecule has 1 amide bonds. The molecule has 70 valence electrons. The van der Waals surface area contributed by atoms with Crippen molar-refractivity contribution < 1.29 is 4.79 Å². The molecule has 4 nitrogen and oxygen atoms in total. The number of nitrogens with one attached hydrogen (secondary N) is 1. The largest absolute Gasteiger partial charge is 0.368 e. The Morgan fingerprint density at radius 3 is 2.33 bits per heavy atom. The van der Waals surface area contributed by atoms with Crippen LogP contribution in [0.5, 0.6) is 0 Å². The van der Waals surface area contributed by atoms with Crippen LogP contribution in [-0.4, -0.2) is 24.5 Å². The van der Waals surface area contributed by atoms with E-state index < -0.39 is 5.54 Å². The van der Waals surface area contributed by atoms with E-state index in [9.17, 15) is 4.79 Å². The Balaban J connectivity index is 2.63. The fourth-order valence-electron chi connectivity index (χ4n) is 1.75. The number of primary amides is 1. The summed E-state index contributed by atoms with van der Waals surface area (Å²) < 4.78 is 0. The number of nitrogens with two attached hydrogens (primary N) is 2. The van der Waals surface area contributed by atoms with Gasteiger partial charge >= 0.3 is 0 Å². The molecular formula is C8H17N3O. The van der Waals surface area contributed by atoms with Gasteiger partial charge in [0, 0.05) is 6.04 Å². The Labute approximate surface area is 72.7 Å². The first-order chi connectivity index (χ1) is 5.60. The van der Waals surface area contributed by atoms with Crippen LogP contribution in [0.1, 0.15) is 25.7 Å². The van der Waals surface area contributed by atoms with Gasteiger partial charge in [0.25, 0.3) is 0 Å². The number of hydrogen-bond acceptors (Lipinski definition) is 3. The first-order valence-electron chi connectivity index (χ1n) is 4.35. The highest BCUT2D eigenvalue weighted by atomic mass is 16.1. The Morgan fingerprint density at radius 2 is 2.00 bits per heavy atom. The predicted molar refractivity (Wildman–Crippen MR) is 47.4 cm³/mol. The Morgan fingerprint density at radius 1 is 1.50 bits per heavy atom. The van der Waals surface area contributed by atoms with Crippen molar-refractivity contribution in [3.63, 3.8) is 0 Å². The summed E-state index contributed by atoms with van der Waals surface area (Å²) in [6.07, 6.45) is 3.29. The van der Waals surface area contributed by atoms with E-state index in [1.165, 1.54) is 0 Å². The first kappa shape index (κ1) is 9.48. The van der Waals surface area contributed by atoms with Gasteiger partial charge in [-0.05, 0) is 32.7 Å². The average Bonchev–Trinajstić information content (AvgIpc) is 2.06. The van der Waals surface area contributed by atoms with E-state index >= 15 is 0 Å². The van der Waals surface area contributed by atoms with E-state index in [4.69, 9.17) is 11.5 Å². The molecular weight excluding hydrogens is 154 g/mol. The topological polar surface area (TPSA) is 81.1 Å². The van der Waals surface area contributed by atoms with Gasteiger partial charge in [-0.1, -0.05) is 0 Å². The van der Waals surface area contributed by atoms with Crippen molar-refractivity contribution in [2.45, 2.75) is 37.3 Å². The van der Waals surface area contributed by atoms with Crippen molar-refractivity contribution in [2.75, 3.05) is 7.05 Å². The van der Waals surface area contributed by atoms with Crippen molar-refractivity contribution in [3.8, 4) is 0 Å². The standard InChI is InChI=1S/C8H17N3O/c1-11-8(7(10)12)4-2-6(9)3-5-8/h6,11H,2-5,9H2,1H3,(H2,10,12). The van der Waals surface area contributed by atoms with Gasteiger partial charge in [0.05, 0.1) is 5.54 Å². The van der Waals surface area contributed by atoms with Crippen molar-refractivity contribution >= 4 is 5.91 Å². The van der Waals surface area contributed by atoms with Gasteiger partial charge in [-0.15, -0.1) is 0 Å². The highest BCUT2D eigenvalue weighted by molar-refractivity contribution is 5.84. The van der Waals surface area contributed by atoms with Gasteiger partial charge in [-0.25, -0.2) is 0 Å². The molecule has 0 aromatic carbocycles. The molecule has 0 unspecified atom stereocenters. The van der Waals surface area contributed by atoms with Gasteiger partial charge < -0.3 is 16.8 Å². The Kier molecular flexibility index (Phi) is 2.69. The van der Waals surface area contributed by atoms with Crippen LogP contribution in [0.15, 0.2) is 0 Å². The summed E-state index contributed by atoms with van der Waals surface area (Å²) in [5.41, 5.74) is 10.6. The van der Waals surface area contributed by atoms with Gasteiger partial charge in [0.2, 0.25) is 5.91 Å². The molecule has 0 spiro atoms. The lowest BCUT2D eigenvalue weighted by molar-refractivity contribution is -0.125. The predicted octanol–water partition coefficient (Wildman–Crippen LogP) is -0.669. The van der Waals surface area contributed by atoms with Crippen molar-refractivity contribution in [1.29, 1.82) is 0 Å². The average molecular weight is 171 g/mol. The maximum absolute atomic E-state index is 11.1. The molecule has 12 heavy (non-hydrogen) atoms. The van der Waals surface area contributed by atoms with Gasteiger partial charge in [0.15, 0.2) is 0 Å². The fourth-order valence-corrected chi connectivity index (χ4v) is 1.75. The van der Waals surface area contributed by atoms with Crippen LogP contribution in [0.25, 0.3) is 0 Å². The lowest BCUT2D eigenvalue weighted by atomic mass is 9.79. The zero-order valence-corrected chi connectivity index (χ0v) is 7.47. The minimum absolute atomic E-state index is 0.242. The third kappa shape index (κ3) is 1.59. The second-order valence-electron chi connectivity index (χ2n) is 3.53. The smallest absolute Gasteiger partial charge is 0.237 e. The molecule has 1 aliphatic carbocycles. The summed E-state index contributed by atoms with van der Waals surface area (Å²) in [5, 5.41) is 3.01. The van der Waals surface area contributed by atoms with Crippen LogP contribution in [0.4, 0.5) is 0 Å². The third-order valence-electron chi connectivity index (χ3n) is 2.83. The summed E-state index contributed by atoms with van der Waals surface area (Å²) in [6, 6.07) is 0.242. The van der Waals surface area contributed by atoms with Crippen molar-refractivity contribution in [1.82, 2.24) is 5.32 Å². The lowest BCUT2D eigenvalue weighted by Gasteiger charge is -2.36. The van der Waals surface area contributed by atoms with Crippen LogP contribution in [0.3, 0.4) is 0 Å². The van der Waals surface area contributed by atoms with Crippen molar-refractivity contribution in [3.05, 3.63) is 0 Å². The summed E-state index contributed by atoms with van der Waals surface area (Å²) in [7, 11) is 1.78. The lowest BCUT2D eigenvalue weighted by Crippen LogP contribution is -2.57. The van der Waals surface area contributed by atoms with Crippen molar-refractivity contribution in [2.24, 2.45) is 11.5 Å². The maximum atomic E-state index is 11.1. The van der Waals surface area contributed by atoms with Crippen LogP contribution in [0, 0.1) is 0 Å². The molecule has 0 aromatic heterocycles. The number of carbonyl (C=O) groups is 1. The molecule has 1 saturated carbocycles. The minimum atomic E-state index is -0.490. The molecule has 5 N–H and O–H groups in total. The van der Waals surface area contributed by atoms with E-state index in [0.717, 1.165) is 25.7 Å². The minimum Gasteiger partial charge on any atom is -0.368 e. The SMILES string of the molecule is CNC1(C(N)=O)CCC(N)CC1. The molecule has 1 fully saturated rings. The Bertz CT molecular complexity index is 173. The molecule has 0 saturated heterocycles. The number of rotatable bonds is 2. The van der Waals surface area contributed by atoms with E-state index in [1.54, 1.807) is 7.05 Å². The third-order valence-corrected chi connectivity index (χ3v) is 2.83. The van der Waals surface area contributed by atoms with Gasteiger partial charge in [-0.3, -0.25) is 4.79 Å². The summed E-state index contributed by atoms with van der Waals surface area (Å²) in [6.45, 7) is 0. The number of likely N-dealkylation sites (N-methyl/N-ethyl adjacent to an activating group) is 1. The summed E-state index contributed by atoms with van der Waals surface area (Å²) in [5.74, 6) is -0.253. The number of amides is 1. The highest BCUT2D eigenvalue weighted by Gasteiger charge is 2.37. The van der Waals surface area contributed by atoms with Crippen LogP contribution < -0.4 is 16.8 Å². The Hall–Kier alpha value is -0.610. The van der Waals surface area contributed by atoms with Crippen LogP contribution >= 0.6 is 0 Å². The normalized spacial score (nSPS) is 36.3. The van der Waals surface area contributed by atoms with Crippen LogP contribution in [-0.2, 0) is 4.79 Å². The molecule has 1 aliphatic rings. The second-order valence-corrected chi connectivity index (χ2v) is 3.53. The van der Waals surface area contributed by atoms with E-state index in [2.05, 4.69) is 5.32 Å². The molecule has 0 atom stereocenters. The molecule has 0 heterocycles. The summed E-state index contributed by atoms with van der Waals surface area (Å²) in [4.78, 5) is 11.1. The second kappa shape index (κ2) is 3.41. The van der Waals surface area contributed by atoms with E-state index in [1.807, 2.05) is 0 Å². The fraction of sp³-hybridized carbons (Fsp3) is 0.875. The monoisotopic (exact) mass is 171 g/mol. The number of carbonyl (C=O) groups excluding carboxylic acids is 1. The quantitative estimate of drug-likeness (QED) is 0.515. The maximum Gasteiger partial charge on any atom is 0.237 e. The van der Waals surface area contributed by atoms with Gasteiger partial charge in [0.1, 0.15) is 0 Å². The molecule has 0 aromatic rings. The summed E-state index contributed by atoms with van der Waals surface area (Å²) >= 11 is 0.